The van der Waals surface area contributed by atoms with Crippen molar-refractivity contribution in [2.24, 2.45) is 0 Å². The van der Waals surface area contributed by atoms with Gasteiger partial charge in [0.05, 0.1) is 6.54 Å². The van der Waals surface area contributed by atoms with Crippen LogP contribution in [0.3, 0.4) is 0 Å². The van der Waals surface area contributed by atoms with Crippen molar-refractivity contribution in [3.8, 4) is 0 Å². The van der Waals surface area contributed by atoms with E-state index in [4.69, 9.17) is 0 Å². The predicted octanol–water partition coefficient (Wildman–Crippen LogP) is 2.49. The van der Waals surface area contributed by atoms with Gasteiger partial charge in [0, 0.05) is 12.7 Å². The number of hydrogen-bond donors (Lipinski definition) is 0. The molecule has 17 heavy (non-hydrogen) atoms. The Labute approximate surface area is 96.4 Å². The molecule has 0 bridgehead atoms. The minimum atomic E-state index is -4.42. The summed E-state index contributed by atoms with van der Waals surface area (Å²) in [6.45, 7) is -0.336. The van der Waals surface area contributed by atoms with Crippen molar-refractivity contribution < 1.29 is 18.0 Å². The number of anilines is 1. The molecule has 1 unspecified atom stereocenters. The third-order valence-corrected chi connectivity index (χ3v) is 2.70. The number of amides is 2. The van der Waals surface area contributed by atoms with Crippen LogP contribution in [0, 0.1) is 0 Å². The van der Waals surface area contributed by atoms with Crippen LogP contribution in [-0.4, -0.2) is 36.7 Å². The van der Waals surface area contributed by atoms with E-state index in [9.17, 15) is 18.0 Å². The van der Waals surface area contributed by atoms with E-state index in [-0.39, 0.29) is 12.2 Å². The summed E-state index contributed by atoms with van der Waals surface area (Å²) >= 11 is 0. The van der Waals surface area contributed by atoms with E-state index in [1.807, 2.05) is 0 Å². The molecule has 1 aliphatic heterocycles. The van der Waals surface area contributed by atoms with Gasteiger partial charge in [0.15, 0.2) is 6.04 Å². The number of benzene rings is 1. The highest BCUT2D eigenvalue weighted by molar-refractivity contribution is 5.95. The van der Waals surface area contributed by atoms with Crippen molar-refractivity contribution >= 4 is 11.7 Å². The van der Waals surface area contributed by atoms with Gasteiger partial charge in [-0.1, -0.05) is 18.2 Å². The Morgan fingerprint density at radius 3 is 2.35 bits per heavy atom. The van der Waals surface area contributed by atoms with Crippen LogP contribution in [0.2, 0.25) is 0 Å². The van der Waals surface area contributed by atoms with E-state index in [0.29, 0.717) is 0 Å². The van der Waals surface area contributed by atoms with Gasteiger partial charge in [-0.25, -0.2) is 4.79 Å². The normalized spacial score (nSPS) is 21.2. The number of alkyl halides is 3. The SMILES string of the molecule is CN1CC(C(F)(F)F)N(c2ccccc2)C1=O. The fourth-order valence-electron chi connectivity index (χ4n) is 1.87. The Morgan fingerprint density at radius 1 is 1.24 bits per heavy atom. The van der Waals surface area contributed by atoms with E-state index < -0.39 is 18.2 Å². The molecular formula is C11H11F3N2O. The number of para-hydroxylation sites is 1. The summed E-state index contributed by atoms with van der Waals surface area (Å²) in [6, 6.07) is 5.49. The minimum absolute atomic E-state index is 0.268. The molecule has 3 nitrogen and oxygen atoms in total. The second kappa shape index (κ2) is 3.94. The lowest BCUT2D eigenvalue weighted by Gasteiger charge is -2.24. The number of rotatable bonds is 1. The van der Waals surface area contributed by atoms with Crippen LogP contribution in [0.25, 0.3) is 0 Å². The van der Waals surface area contributed by atoms with Gasteiger partial charge in [0.25, 0.3) is 0 Å². The molecule has 1 saturated heterocycles. The number of likely N-dealkylation sites (N-methyl/N-ethyl adjacent to an activating group) is 1. The summed E-state index contributed by atoms with van der Waals surface area (Å²) in [5.41, 5.74) is 0.268. The van der Waals surface area contributed by atoms with Gasteiger partial charge in [-0.2, -0.15) is 13.2 Å². The Bertz CT molecular complexity index is 418. The minimum Gasteiger partial charge on any atom is -0.325 e. The van der Waals surface area contributed by atoms with Crippen LogP contribution in [0.5, 0.6) is 0 Å². The van der Waals surface area contributed by atoms with Crippen LogP contribution in [0.4, 0.5) is 23.7 Å². The fraction of sp³-hybridized carbons (Fsp3) is 0.364. The van der Waals surface area contributed by atoms with Gasteiger partial charge in [-0.15, -0.1) is 0 Å². The van der Waals surface area contributed by atoms with Crippen LogP contribution in [0.1, 0.15) is 0 Å². The molecule has 1 atom stereocenters. The summed E-state index contributed by atoms with van der Waals surface area (Å²) in [5, 5.41) is 0. The molecule has 1 fully saturated rings. The number of carbonyl (C=O) groups excluding carboxylic acids is 1. The van der Waals surface area contributed by atoms with Gasteiger partial charge in [0.2, 0.25) is 0 Å². The summed E-state index contributed by atoms with van der Waals surface area (Å²) in [6.07, 6.45) is -4.42. The zero-order valence-electron chi connectivity index (χ0n) is 9.11. The predicted molar refractivity (Wildman–Crippen MR) is 56.8 cm³/mol. The van der Waals surface area contributed by atoms with Gasteiger partial charge in [0.1, 0.15) is 0 Å². The molecule has 0 radical (unpaired) electrons. The van der Waals surface area contributed by atoms with Crippen LogP contribution >= 0.6 is 0 Å². The van der Waals surface area contributed by atoms with Crippen LogP contribution in [-0.2, 0) is 0 Å². The lowest BCUT2D eigenvalue weighted by atomic mass is 10.2. The van der Waals surface area contributed by atoms with E-state index in [0.717, 1.165) is 9.80 Å². The number of carbonyl (C=O) groups is 1. The van der Waals surface area contributed by atoms with E-state index in [1.54, 1.807) is 18.2 Å². The fourth-order valence-corrected chi connectivity index (χ4v) is 1.87. The summed E-state index contributed by atoms with van der Waals surface area (Å²) < 4.78 is 38.5. The molecule has 6 heteroatoms. The number of hydrogen-bond acceptors (Lipinski definition) is 1. The molecule has 2 rings (SSSR count). The lowest BCUT2D eigenvalue weighted by Crippen LogP contribution is -2.44. The largest absolute Gasteiger partial charge is 0.411 e. The van der Waals surface area contributed by atoms with E-state index in [2.05, 4.69) is 0 Å². The highest BCUT2D eigenvalue weighted by atomic mass is 19.4. The molecule has 0 spiro atoms. The maximum Gasteiger partial charge on any atom is 0.411 e. The molecule has 0 saturated carbocycles. The van der Waals surface area contributed by atoms with Crippen molar-refractivity contribution in [3.63, 3.8) is 0 Å². The Hall–Kier alpha value is -1.72. The molecule has 1 aromatic carbocycles. The molecule has 1 aliphatic rings. The second-order valence-electron chi connectivity index (χ2n) is 3.93. The zero-order valence-corrected chi connectivity index (χ0v) is 9.11. The first-order valence-electron chi connectivity index (χ1n) is 5.07. The van der Waals surface area contributed by atoms with Crippen molar-refractivity contribution in [2.75, 3.05) is 18.5 Å². The third kappa shape index (κ3) is 2.07. The summed E-state index contributed by atoms with van der Waals surface area (Å²) in [7, 11) is 1.37. The van der Waals surface area contributed by atoms with Gasteiger partial charge in [-0.05, 0) is 12.1 Å². The Morgan fingerprint density at radius 2 is 1.82 bits per heavy atom. The standard InChI is InChI=1S/C11H11F3N2O/c1-15-7-9(11(12,13)14)16(10(15)17)8-5-3-2-4-6-8/h2-6,9H,7H2,1H3. The van der Waals surface area contributed by atoms with Gasteiger partial charge < -0.3 is 4.90 Å². The smallest absolute Gasteiger partial charge is 0.325 e. The first kappa shape index (κ1) is 11.8. The van der Waals surface area contributed by atoms with Gasteiger partial charge >= 0.3 is 12.2 Å². The van der Waals surface area contributed by atoms with Crippen molar-refractivity contribution in [1.82, 2.24) is 4.90 Å². The molecular weight excluding hydrogens is 233 g/mol. The molecule has 1 aromatic rings. The third-order valence-electron chi connectivity index (χ3n) is 2.70. The first-order valence-corrected chi connectivity index (χ1v) is 5.07. The lowest BCUT2D eigenvalue weighted by molar-refractivity contribution is -0.144. The highest BCUT2D eigenvalue weighted by Crippen LogP contribution is 2.33. The molecule has 0 aliphatic carbocycles. The molecule has 1 heterocycles. The van der Waals surface area contributed by atoms with Gasteiger partial charge in [-0.3, -0.25) is 4.90 Å². The maximum atomic E-state index is 12.8. The summed E-state index contributed by atoms with van der Waals surface area (Å²) in [4.78, 5) is 13.6. The number of halogens is 3. The Kier molecular flexibility index (Phi) is 2.73. The first-order chi connectivity index (χ1) is 7.91. The topological polar surface area (TPSA) is 23.6 Å². The number of urea groups is 1. The van der Waals surface area contributed by atoms with Crippen molar-refractivity contribution in [2.45, 2.75) is 12.2 Å². The maximum absolute atomic E-state index is 12.8. The number of nitrogens with zero attached hydrogens (tertiary/aromatic N) is 2. The highest BCUT2D eigenvalue weighted by Gasteiger charge is 2.51. The monoisotopic (exact) mass is 244 g/mol. The average molecular weight is 244 g/mol. The van der Waals surface area contributed by atoms with E-state index in [1.165, 1.54) is 19.2 Å². The van der Waals surface area contributed by atoms with Crippen molar-refractivity contribution in [3.05, 3.63) is 30.3 Å². The zero-order chi connectivity index (χ0) is 12.6. The average Bonchev–Trinajstić information content (AvgIpc) is 2.57. The molecule has 2 amide bonds. The second-order valence-corrected chi connectivity index (χ2v) is 3.93. The van der Waals surface area contributed by atoms with Crippen LogP contribution < -0.4 is 4.90 Å². The van der Waals surface area contributed by atoms with Crippen LogP contribution in [0.15, 0.2) is 30.3 Å². The quantitative estimate of drug-likeness (QED) is 0.744. The molecule has 0 N–H and O–H groups in total. The Balaban J connectivity index is 2.38. The van der Waals surface area contributed by atoms with Crippen molar-refractivity contribution in [1.29, 1.82) is 0 Å². The molecule has 0 aromatic heterocycles. The summed E-state index contributed by atoms with van der Waals surface area (Å²) in [5.74, 6) is 0. The molecule has 92 valence electrons. The van der Waals surface area contributed by atoms with E-state index >= 15 is 0 Å².